The van der Waals surface area contributed by atoms with Crippen LogP contribution in [0.25, 0.3) is 0 Å². The van der Waals surface area contributed by atoms with Crippen LogP contribution < -0.4 is 9.47 Å². The van der Waals surface area contributed by atoms with E-state index in [-0.39, 0.29) is 6.10 Å². The third-order valence-corrected chi connectivity index (χ3v) is 3.68. The number of benzene rings is 1. The minimum Gasteiger partial charge on any atom is -0.493 e. The first-order valence-corrected chi connectivity index (χ1v) is 7.47. The highest BCUT2D eigenvalue weighted by Crippen LogP contribution is 2.26. The molecule has 5 heteroatoms. The number of rotatable bonds is 6. The van der Waals surface area contributed by atoms with Gasteiger partial charge < -0.3 is 18.6 Å². The topological polar surface area (TPSA) is 44.1 Å². The Balaban J connectivity index is 1.52. The molecule has 1 atom stereocenters. The van der Waals surface area contributed by atoms with Crippen LogP contribution in [0.2, 0.25) is 0 Å². The minimum atomic E-state index is 0.0497. The molecule has 0 N–H and O–H groups in total. The second-order valence-electron chi connectivity index (χ2n) is 5.27. The number of para-hydroxylation sites is 2. The number of morpholine rings is 1. The Morgan fingerprint density at radius 1 is 1.18 bits per heavy atom. The lowest BCUT2D eigenvalue weighted by atomic mass is 10.2. The van der Waals surface area contributed by atoms with Gasteiger partial charge in [0.1, 0.15) is 18.5 Å². The standard InChI is InChI=1S/C17H21NO4/c1-19-16-6-2-3-7-17(16)22-13-15-12-18(8-10-21-15)11-14-5-4-9-20-14/h2-7,9,15H,8,10-13H2,1H3. The first kappa shape index (κ1) is 14.9. The van der Waals surface area contributed by atoms with E-state index >= 15 is 0 Å². The van der Waals surface area contributed by atoms with Crippen molar-refractivity contribution >= 4 is 0 Å². The van der Waals surface area contributed by atoms with Crippen molar-refractivity contribution in [3.8, 4) is 11.5 Å². The Morgan fingerprint density at radius 3 is 2.82 bits per heavy atom. The summed E-state index contributed by atoms with van der Waals surface area (Å²) in [6.45, 7) is 3.76. The molecule has 0 saturated carbocycles. The lowest BCUT2D eigenvalue weighted by Gasteiger charge is -2.32. The molecule has 3 rings (SSSR count). The van der Waals surface area contributed by atoms with Crippen molar-refractivity contribution in [3.63, 3.8) is 0 Å². The van der Waals surface area contributed by atoms with Gasteiger partial charge in [-0.15, -0.1) is 0 Å². The zero-order valence-electron chi connectivity index (χ0n) is 12.7. The normalized spacial score (nSPS) is 19.0. The van der Waals surface area contributed by atoms with E-state index in [1.54, 1.807) is 13.4 Å². The summed E-state index contributed by atoms with van der Waals surface area (Å²) in [4.78, 5) is 2.32. The van der Waals surface area contributed by atoms with Crippen LogP contribution in [-0.4, -0.2) is 44.4 Å². The van der Waals surface area contributed by atoms with E-state index in [2.05, 4.69) is 4.90 Å². The van der Waals surface area contributed by atoms with Crippen LogP contribution in [0.1, 0.15) is 5.76 Å². The quantitative estimate of drug-likeness (QED) is 0.820. The van der Waals surface area contributed by atoms with Crippen LogP contribution in [-0.2, 0) is 11.3 Å². The van der Waals surface area contributed by atoms with Gasteiger partial charge in [0.25, 0.3) is 0 Å². The van der Waals surface area contributed by atoms with Gasteiger partial charge >= 0.3 is 0 Å². The van der Waals surface area contributed by atoms with Gasteiger partial charge in [0.05, 0.1) is 26.5 Å². The van der Waals surface area contributed by atoms with Crippen molar-refractivity contribution in [2.24, 2.45) is 0 Å². The molecule has 118 valence electrons. The molecular formula is C17H21NO4. The Labute approximate surface area is 130 Å². The van der Waals surface area contributed by atoms with Gasteiger partial charge in [-0.3, -0.25) is 4.90 Å². The van der Waals surface area contributed by atoms with Crippen molar-refractivity contribution in [1.82, 2.24) is 4.90 Å². The van der Waals surface area contributed by atoms with E-state index in [4.69, 9.17) is 18.6 Å². The monoisotopic (exact) mass is 303 g/mol. The van der Waals surface area contributed by atoms with E-state index in [0.29, 0.717) is 13.2 Å². The van der Waals surface area contributed by atoms with Crippen molar-refractivity contribution < 1.29 is 18.6 Å². The summed E-state index contributed by atoms with van der Waals surface area (Å²) in [5.41, 5.74) is 0. The summed E-state index contributed by atoms with van der Waals surface area (Å²) in [6.07, 6.45) is 1.76. The summed E-state index contributed by atoms with van der Waals surface area (Å²) in [6, 6.07) is 11.6. The summed E-state index contributed by atoms with van der Waals surface area (Å²) in [5, 5.41) is 0. The fourth-order valence-corrected chi connectivity index (χ4v) is 2.57. The second-order valence-corrected chi connectivity index (χ2v) is 5.27. The number of hydrogen-bond acceptors (Lipinski definition) is 5. The molecule has 1 unspecified atom stereocenters. The van der Waals surface area contributed by atoms with Gasteiger partial charge in [-0.05, 0) is 24.3 Å². The highest BCUT2D eigenvalue weighted by atomic mass is 16.5. The molecular weight excluding hydrogens is 282 g/mol. The molecule has 5 nitrogen and oxygen atoms in total. The van der Waals surface area contributed by atoms with E-state index in [9.17, 15) is 0 Å². The van der Waals surface area contributed by atoms with Crippen LogP contribution in [0.3, 0.4) is 0 Å². The average Bonchev–Trinajstić information content (AvgIpc) is 3.06. The fourth-order valence-electron chi connectivity index (χ4n) is 2.57. The van der Waals surface area contributed by atoms with Crippen LogP contribution in [0.4, 0.5) is 0 Å². The number of furan rings is 1. The lowest BCUT2D eigenvalue weighted by molar-refractivity contribution is -0.0520. The Morgan fingerprint density at radius 2 is 2.05 bits per heavy atom. The van der Waals surface area contributed by atoms with E-state index < -0.39 is 0 Å². The molecule has 1 aromatic heterocycles. The molecule has 1 aliphatic heterocycles. The molecule has 1 aliphatic rings. The van der Waals surface area contributed by atoms with Gasteiger partial charge in [0, 0.05) is 13.1 Å². The van der Waals surface area contributed by atoms with Crippen LogP contribution >= 0.6 is 0 Å². The predicted octanol–water partition coefficient (Wildman–Crippen LogP) is 2.57. The fraction of sp³-hybridized carbons (Fsp3) is 0.412. The second kappa shape index (κ2) is 7.33. The van der Waals surface area contributed by atoms with E-state index in [1.807, 2.05) is 36.4 Å². The SMILES string of the molecule is COc1ccccc1OCC1CN(Cc2ccco2)CCO1. The van der Waals surface area contributed by atoms with E-state index in [0.717, 1.165) is 36.9 Å². The van der Waals surface area contributed by atoms with Crippen molar-refractivity contribution in [2.75, 3.05) is 33.4 Å². The molecule has 2 heterocycles. The number of nitrogens with zero attached hydrogens (tertiary/aromatic N) is 1. The van der Waals surface area contributed by atoms with Gasteiger partial charge in [-0.25, -0.2) is 0 Å². The number of ether oxygens (including phenoxy) is 3. The smallest absolute Gasteiger partial charge is 0.161 e. The van der Waals surface area contributed by atoms with Gasteiger partial charge in [0.2, 0.25) is 0 Å². The zero-order chi connectivity index (χ0) is 15.2. The largest absolute Gasteiger partial charge is 0.493 e. The molecule has 22 heavy (non-hydrogen) atoms. The summed E-state index contributed by atoms with van der Waals surface area (Å²) in [5.74, 6) is 2.47. The molecule has 1 saturated heterocycles. The maximum absolute atomic E-state index is 5.85. The average molecular weight is 303 g/mol. The number of hydrogen-bond donors (Lipinski definition) is 0. The molecule has 0 amide bonds. The van der Waals surface area contributed by atoms with Crippen LogP contribution in [0.15, 0.2) is 47.1 Å². The summed E-state index contributed by atoms with van der Waals surface area (Å²) >= 11 is 0. The third-order valence-electron chi connectivity index (χ3n) is 3.68. The molecule has 1 fully saturated rings. The highest BCUT2D eigenvalue weighted by Gasteiger charge is 2.22. The maximum Gasteiger partial charge on any atom is 0.161 e. The van der Waals surface area contributed by atoms with Crippen LogP contribution in [0.5, 0.6) is 11.5 Å². The number of methoxy groups -OCH3 is 1. The molecule has 0 aliphatic carbocycles. The van der Waals surface area contributed by atoms with Crippen molar-refractivity contribution in [2.45, 2.75) is 12.6 Å². The van der Waals surface area contributed by atoms with Gasteiger partial charge in [-0.1, -0.05) is 12.1 Å². The summed E-state index contributed by atoms with van der Waals surface area (Å²) in [7, 11) is 1.64. The van der Waals surface area contributed by atoms with Crippen molar-refractivity contribution in [1.29, 1.82) is 0 Å². The molecule has 0 spiro atoms. The first-order valence-electron chi connectivity index (χ1n) is 7.47. The summed E-state index contributed by atoms with van der Waals surface area (Å²) < 4.78 is 22.3. The lowest BCUT2D eigenvalue weighted by Crippen LogP contribution is -2.44. The van der Waals surface area contributed by atoms with Crippen LogP contribution in [0, 0.1) is 0 Å². The predicted molar refractivity (Wildman–Crippen MR) is 82.2 cm³/mol. The van der Waals surface area contributed by atoms with Gasteiger partial charge in [-0.2, -0.15) is 0 Å². The molecule has 2 aromatic rings. The molecule has 0 radical (unpaired) electrons. The third kappa shape index (κ3) is 3.81. The molecule has 1 aromatic carbocycles. The Hall–Kier alpha value is -1.98. The Bertz CT molecular complexity index is 570. The maximum atomic E-state index is 5.85. The van der Waals surface area contributed by atoms with Crippen molar-refractivity contribution in [3.05, 3.63) is 48.4 Å². The highest BCUT2D eigenvalue weighted by molar-refractivity contribution is 5.39. The molecule has 0 bridgehead atoms. The van der Waals surface area contributed by atoms with E-state index in [1.165, 1.54) is 0 Å². The zero-order valence-corrected chi connectivity index (χ0v) is 12.7. The Kier molecular flexibility index (Phi) is 4.98. The van der Waals surface area contributed by atoms with Gasteiger partial charge in [0.15, 0.2) is 11.5 Å². The first-order chi connectivity index (χ1) is 10.8. The minimum absolute atomic E-state index is 0.0497.